The molecule has 0 bridgehead atoms. The van der Waals surface area contributed by atoms with E-state index < -0.39 is 0 Å². The minimum Gasteiger partial charge on any atom is -0.483 e. The summed E-state index contributed by atoms with van der Waals surface area (Å²) in [5, 5.41) is 6.89. The molecule has 1 saturated heterocycles. The second kappa shape index (κ2) is 8.93. The Bertz CT molecular complexity index is 132. The maximum atomic E-state index is 8.36. The Kier molecular flexibility index (Phi) is 8.51. The van der Waals surface area contributed by atoms with Gasteiger partial charge in [0, 0.05) is 26.2 Å². The van der Waals surface area contributed by atoms with Crippen LogP contribution in [0.15, 0.2) is 0 Å². The van der Waals surface area contributed by atoms with Gasteiger partial charge in [-0.05, 0) is 19.4 Å². The summed E-state index contributed by atoms with van der Waals surface area (Å²) in [7, 11) is 1.76. The number of rotatable bonds is 4. The van der Waals surface area contributed by atoms with Crippen LogP contribution in [0.25, 0.3) is 0 Å². The zero-order chi connectivity index (χ0) is 10.8. The van der Waals surface area contributed by atoms with Crippen molar-refractivity contribution in [2.75, 3.05) is 33.4 Å². The van der Waals surface area contributed by atoms with E-state index in [1.807, 2.05) is 0 Å². The zero-order valence-electron chi connectivity index (χ0n) is 8.69. The molecule has 1 heterocycles. The summed E-state index contributed by atoms with van der Waals surface area (Å²) in [5.74, 6) is 0. The van der Waals surface area contributed by atoms with Gasteiger partial charge in [0.15, 0.2) is 0 Å². The van der Waals surface area contributed by atoms with Crippen LogP contribution < -0.4 is 5.73 Å². The molecule has 14 heavy (non-hydrogen) atoms. The van der Waals surface area contributed by atoms with Gasteiger partial charge in [-0.3, -0.25) is 9.69 Å². The molecule has 1 unspecified atom stereocenters. The highest BCUT2D eigenvalue weighted by atomic mass is 16.5. The van der Waals surface area contributed by atoms with Crippen LogP contribution in [-0.4, -0.2) is 55.9 Å². The Morgan fingerprint density at radius 1 is 1.71 bits per heavy atom. The second-order valence-corrected chi connectivity index (χ2v) is 3.18. The molecule has 1 aliphatic heterocycles. The summed E-state index contributed by atoms with van der Waals surface area (Å²) in [5.41, 5.74) is 5.48. The number of likely N-dealkylation sites (tertiary alicyclic amines) is 1. The van der Waals surface area contributed by atoms with E-state index in [2.05, 4.69) is 4.90 Å². The second-order valence-electron chi connectivity index (χ2n) is 3.18. The van der Waals surface area contributed by atoms with Crippen molar-refractivity contribution in [1.29, 1.82) is 0 Å². The molecule has 1 aliphatic rings. The molecule has 1 rings (SSSR count). The highest BCUT2D eigenvalue weighted by Crippen LogP contribution is 2.15. The van der Waals surface area contributed by atoms with Crippen LogP contribution in [0, 0.1) is 0 Å². The first kappa shape index (κ1) is 13.4. The minimum absolute atomic E-state index is 0.250. The first-order valence-corrected chi connectivity index (χ1v) is 4.81. The van der Waals surface area contributed by atoms with Crippen LogP contribution in [0.5, 0.6) is 0 Å². The highest BCUT2D eigenvalue weighted by Gasteiger charge is 2.22. The molecule has 0 aromatic carbocycles. The van der Waals surface area contributed by atoms with Crippen LogP contribution in [-0.2, 0) is 9.53 Å². The fraction of sp³-hybridized carbons (Fsp3) is 0.889. The Hall–Kier alpha value is -0.650. The average molecular weight is 204 g/mol. The number of hydrogen-bond acceptors (Lipinski definition) is 4. The van der Waals surface area contributed by atoms with Crippen molar-refractivity contribution in [3.8, 4) is 0 Å². The van der Waals surface area contributed by atoms with Crippen molar-refractivity contribution in [2.45, 2.75) is 18.9 Å². The fourth-order valence-electron chi connectivity index (χ4n) is 1.74. The van der Waals surface area contributed by atoms with Crippen molar-refractivity contribution >= 4 is 6.47 Å². The summed E-state index contributed by atoms with van der Waals surface area (Å²) in [6.07, 6.45) is 2.57. The number of methoxy groups -OCH3 is 1. The number of hydrogen-bond donors (Lipinski definition) is 2. The summed E-state index contributed by atoms with van der Waals surface area (Å²) >= 11 is 0. The molecule has 1 fully saturated rings. The van der Waals surface area contributed by atoms with E-state index in [0.29, 0.717) is 6.04 Å². The third kappa shape index (κ3) is 5.16. The van der Waals surface area contributed by atoms with Crippen LogP contribution >= 0.6 is 0 Å². The van der Waals surface area contributed by atoms with E-state index in [0.717, 1.165) is 19.7 Å². The first-order valence-electron chi connectivity index (χ1n) is 4.81. The van der Waals surface area contributed by atoms with Gasteiger partial charge in [-0.1, -0.05) is 0 Å². The predicted octanol–water partition coefficient (Wildman–Crippen LogP) is -0.243. The van der Waals surface area contributed by atoms with E-state index in [9.17, 15) is 0 Å². The Balaban J connectivity index is 0.000000500. The van der Waals surface area contributed by atoms with Gasteiger partial charge in [-0.25, -0.2) is 0 Å². The van der Waals surface area contributed by atoms with Gasteiger partial charge in [0.2, 0.25) is 0 Å². The number of carboxylic acid groups (broad SMARTS) is 1. The molecule has 0 aliphatic carbocycles. The lowest BCUT2D eigenvalue weighted by Gasteiger charge is -2.22. The Morgan fingerprint density at radius 3 is 2.86 bits per heavy atom. The quantitative estimate of drug-likeness (QED) is 0.618. The maximum absolute atomic E-state index is 8.36. The fourth-order valence-corrected chi connectivity index (χ4v) is 1.74. The molecular formula is C9H20N2O3. The van der Waals surface area contributed by atoms with Gasteiger partial charge in [-0.2, -0.15) is 0 Å². The van der Waals surface area contributed by atoms with E-state index in [1.165, 1.54) is 19.4 Å². The van der Waals surface area contributed by atoms with Gasteiger partial charge < -0.3 is 15.6 Å². The normalized spacial score (nSPS) is 21.4. The summed E-state index contributed by atoms with van der Waals surface area (Å²) in [6, 6.07) is 0.628. The maximum Gasteiger partial charge on any atom is 0.290 e. The predicted molar refractivity (Wildman–Crippen MR) is 54.2 cm³/mol. The average Bonchev–Trinajstić information content (AvgIpc) is 2.56. The lowest BCUT2D eigenvalue weighted by molar-refractivity contribution is -0.122. The Labute approximate surface area is 84.8 Å². The molecule has 0 aromatic heterocycles. The van der Waals surface area contributed by atoms with Gasteiger partial charge in [0.05, 0.1) is 6.61 Å². The molecule has 0 saturated carbocycles. The summed E-state index contributed by atoms with van der Waals surface area (Å²) in [4.78, 5) is 10.8. The van der Waals surface area contributed by atoms with E-state index >= 15 is 0 Å². The molecule has 0 spiro atoms. The van der Waals surface area contributed by atoms with Crippen molar-refractivity contribution in [2.24, 2.45) is 5.73 Å². The first-order chi connectivity index (χ1) is 6.79. The molecule has 0 amide bonds. The number of nitrogens with two attached hydrogens (primary N) is 1. The highest BCUT2D eigenvalue weighted by molar-refractivity contribution is 5.32. The summed E-state index contributed by atoms with van der Waals surface area (Å²) in [6.45, 7) is 3.60. The van der Waals surface area contributed by atoms with Crippen molar-refractivity contribution in [3.63, 3.8) is 0 Å². The minimum atomic E-state index is -0.250. The van der Waals surface area contributed by atoms with Gasteiger partial charge in [-0.15, -0.1) is 0 Å². The van der Waals surface area contributed by atoms with Gasteiger partial charge >= 0.3 is 0 Å². The number of nitrogens with zero attached hydrogens (tertiary/aromatic N) is 1. The van der Waals surface area contributed by atoms with Crippen LogP contribution in [0.3, 0.4) is 0 Å². The molecular weight excluding hydrogens is 184 g/mol. The number of carbonyl (C=O) groups is 1. The SMILES string of the molecule is COCC1CCCN1CCN.O=CO. The third-order valence-corrected chi connectivity index (χ3v) is 2.27. The van der Waals surface area contributed by atoms with Gasteiger partial charge in [0.1, 0.15) is 0 Å². The molecule has 0 aromatic rings. The van der Waals surface area contributed by atoms with Crippen molar-refractivity contribution in [3.05, 3.63) is 0 Å². The molecule has 0 radical (unpaired) electrons. The van der Waals surface area contributed by atoms with Crippen LogP contribution in [0.2, 0.25) is 0 Å². The Morgan fingerprint density at radius 2 is 2.36 bits per heavy atom. The summed E-state index contributed by atoms with van der Waals surface area (Å²) < 4.78 is 5.12. The smallest absolute Gasteiger partial charge is 0.290 e. The van der Waals surface area contributed by atoms with Crippen molar-refractivity contribution < 1.29 is 14.6 Å². The van der Waals surface area contributed by atoms with E-state index in [1.54, 1.807) is 7.11 Å². The van der Waals surface area contributed by atoms with E-state index in [-0.39, 0.29) is 6.47 Å². The van der Waals surface area contributed by atoms with Crippen LogP contribution in [0.4, 0.5) is 0 Å². The zero-order valence-corrected chi connectivity index (χ0v) is 8.69. The standard InChI is InChI=1S/C8H18N2O.CH2O2/c1-11-7-8-3-2-5-10(8)6-4-9;2-1-3/h8H,2-7,9H2,1H3;1H,(H,2,3). The van der Waals surface area contributed by atoms with Crippen molar-refractivity contribution in [1.82, 2.24) is 4.90 Å². The molecule has 3 N–H and O–H groups in total. The molecule has 5 nitrogen and oxygen atoms in total. The topological polar surface area (TPSA) is 75.8 Å². The van der Waals surface area contributed by atoms with E-state index in [4.69, 9.17) is 20.4 Å². The lowest BCUT2D eigenvalue weighted by Crippen LogP contribution is -2.36. The van der Waals surface area contributed by atoms with Crippen LogP contribution in [0.1, 0.15) is 12.8 Å². The largest absolute Gasteiger partial charge is 0.483 e. The molecule has 5 heteroatoms. The number of ether oxygens (including phenoxy) is 1. The molecule has 84 valence electrons. The monoisotopic (exact) mass is 204 g/mol. The van der Waals surface area contributed by atoms with Gasteiger partial charge in [0.25, 0.3) is 6.47 Å². The third-order valence-electron chi connectivity index (χ3n) is 2.27. The molecule has 1 atom stereocenters. The lowest BCUT2D eigenvalue weighted by atomic mass is 10.2.